The number of hydrogen-bond acceptors (Lipinski definition) is 2. The van der Waals surface area contributed by atoms with E-state index in [2.05, 4.69) is 0 Å². The maximum atomic E-state index is 13.0. The molecule has 5 heteroatoms. The molecule has 0 atom stereocenters. The molecule has 0 saturated heterocycles. The van der Waals surface area contributed by atoms with Gasteiger partial charge in [0.25, 0.3) is 5.91 Å². The van der Waals surface area contributed by atoms with Crippen molar-refractivity contribution in [2.45, 2.75) is 20.3 Å². The summed E-state index contributed by atoms with van der Waals surface area (Å²) in [5, 5.41) is 0. The molecule has 0 heterocycles. The molecule has 2 N–H and O–H groups in total. The van der Waals surface area contributed by atoms with Crippen molar-refractivity contribution < 1.29 is 9.18 Å². The van der Waals surface area contributed by atoms with Crippen LogP contribution in [0.15, 0.2) is 18.2 Å². The number of halogens is 1. The number of thiocarbonyl (C=S) groups is 1. The third-order valence-corrected chi connectivity index (χ3v) is 2.68. The number of amides is 1. The van der Waals surface area contributed by atoms with Crippen molar-refractivity contribution in [1.82, 2.24) is 4.90 Å². The summed E-state index contributed by atoms with van der Waals surface area (Å²) in [5.74, 6) is -0.511. The van der Waals surface area contributed by atoms with Crippen LogP contribution in [0.2, 0.25) is 0 Å². The van der Waals surface area contributed by atoms with Crippen molar-refractivity contribution in [1.29, 1.82) is 0 Å². The summed E-state index contributed by atoms with van der Waals surface area (Å²) in [6.07, 6.45) is 0.814. The largest absolute Gasteiger partial charge is 0.392 e. The molecule has 0 saturated carbocycles. The SMILES string of the molecule is CCCN(CC(N)=S)C(=O)c1ccc(F)cc1C. The van der Waals surface area contributed by atoms with Gasteiger partial charge in [0.1, 0.15) is 5.82 Å². The van der Waals surface area contributed by atoms with Gasteiger partial charge in [0.05, 0.1) is 11.5 Å². The topological polar surface area (TPSA) is 46.3 Å². The second-order valence-corrected chi connectivity index (χ2v) is 4.68. The van der Waals surface area contributed by atoms with Crippen molar-refractivity contribution in [3.63, 3.8) is 0 Å². The summed E-state index contributed by atoms with van der Waals surface area (Å²) >= 11 is 4.83. The van der Waals surface area contributed by atoms with Crippen molar-refractivity contribution >= 4 is 23.1 Å². The normalized spacial score (nSPS) is 10.2. The highest BCUT2D eigenvalue weighted by atomic mass is 32.1. The summed E-state index contributed by atoms with van der Waals surface area (Å²) in [4.78, 5) is 14.2. The number of rotatable bonds is 5. The Kier molecular flexibility index (Phi) is 5.22. The third-order valence-electron chi connectivity index (χ3n) is 2.55. The minimum atomic E-state index is -0.347. The molecule has 0 fully saturated rings. The summed E-state index contributed by atoms with van der Waals surface area (Å²) in [7, 11) is 0. The molecule has 1 aromatic rings. The van der Waals surface area contributed by atoms with Gasteiger partial charge in [-0.25, -0.2) is 4.39 Å². The quantitative estimate of drug-likeness (QED) is 0.833. The monoisotopic (exact) mass is 268 g/mol. The van der Waals surface area contributed by atoms with Gasteiger partial charge in [-0.05, 0) is 37.1 Å². The van der Waals surface area contributed by atoms with Gasteiger partial charge in [-0.1, -0.05) is 19.1 Å². The van der Waals surface area contributed by atoms with Crippen LogP contribution < -0.4 is 5.73 Å². The van der Waals surface area contributed by atoms with Crippen LogP contribution in [0.1, 0.15) is 29.3 Å². The van der Waals surface area contributed by atoms with Crippen LogP contribution in [-0.2, 0) is 0 Å². The minimum Gasteiger partial charge on any atom is -0.392 e. The number of carbonyl (C=O) groups excluding carboxylic acids is 1. The Morgan fingerprint density at radius 2 is 2.17 bits per heavy atom. The van der Waals surface area contributed by atoms with E-state index in [-0.39, 0.29) is 23.3 Å². The predicted octanol–water partition coefficient (Wildman–Crippen LogP) is 2.27. The summed E-state index contributed by atoms with van der Waals surface area (Å²) < 4.78 is 13.0. The van der Waals surface area contributed by atoms with Crippen molar-refractivity contribution in [3.8, 4) is 0 Å². The van der Waals surface area contributed by atoms with Crippen LogP contribution in [0.5, 0.6) is 0 Å². The number of aryl methyl sites for hydroxylation is 1. The Labute approximate surface area is 112 Å². The van der Waals surface area contributed by atoms with E-state index < -0.39 is 0 Å². The first kappa shape index (κ1) is 14.6. The first-order chi connectivity index (χ1) is 8.45. The molecule has 0 radical (unpaired) electrons. The first-order valence-electron chi connectivity index (χ1n) is 5.79. The fraction of sp³-hybridized carbons (Fsp3) is 0.385. The molecule has 0 spiro atoms. The standard InChI is InChI=1S/C13H17FN2OS/c1-3-6-16(8-12(15)18)13(17)11-5-4-10(14)7-9(11)2/h4-5,7H,3,6,8H2,1-2H3,(H2,15,18). The molecule has 0 aromatic heterocycles. The first-order valence-corrected chi connectivity index (χ1v) is 6.20. The second-order valence-electron chi connectivity index (χ2n) is 4.15. The second kappa shape index (κ2) is 6.44. The van der Waals surface area contributed by atoms with Gasteiger partial charge in [0, 0.05) is 12.1 Å². The maximum absolute atomic E-state index is 13.0. The van der Waals surface area contributed by atoms with Gasteiger partial charge >= 0.3 is 0 Å². The molecular weight excluding hydrogens is 251 g/mol. The molecule has 0 aliphatic heterocycles. The van der Waals surface area contributed by atoms with E-state index in [0.29, 0.717) is 17.7 Å². The minimum absolute atomic E-state index is 0.165. The Bertz CT molecular complexity index is 462. The predicted molar refractivity (Wildman–Crippen MR) is 74.1 cm³/mol. The molecular formula is C13H17FN2OS. The van der Waals surface area contributed by atoms with E-state index in [1.807, 2.05) is 6.92 Å². The van der Waals surface area contributed by atoms with Crippen LogP contribution >= 0.6 is 12.2 Å². The zero-order chi connectivity index (χ0) is 13.7. The highest BCUT2D eigenvalue weighted by Gasteiger charge is 2.17. The summed E-state index contributed by atoms with van der Waals surface area (Å²) in [6, 6.07) is 4.12. The zero-order valence-corrected chi connectivity index (χ0v) is 11.4. The average Bonchev–Trinajstić information content (AvgIpc) is 2.27. The lowest BCUT2D eigenvalue weighted by molar-refractivity contribution is 0.0779. The van der Waals surface area contributed by atoms with E-state index in [0.717, 1.165) is 6.42 Å². The van der Waals surface area contributed by atoms with E-state index in [1.54, 1.807) is 11.8 Å². The van der Waals surface area contributed by atoms with Crippen LogP contribution in [0.4, 0.5) is 4.39 Å². The van der Waals surface area contributed by atoms with E-state index in [1.165, 1.54) is 18.2 Å². The molecule has 1 aromatic carbocycles. The number of hydrogen-bond donors (Lipinski definition) is 1. The van der Waals surface area contributed by atoms with Gasteiger partial charge in [0.15, 0.2) is 0 Å². The zero-order valence-electron chi connectivity index (χ0n) is 10.6. The number of nitrogens with two attached hydrogens (primary N) is 1. The lowest BCUT2D eigenvalue weighted by Crippen LogP contribution is -2.38. The van der Waals surface area contributed by atoms with Gasteiger partial charge in [-0.15, -0.1) is 0 Å². The van der Waals surface area contributed by atoms with E-state index in [4.69, 9.17) is 18.0 Å². The Morgan fingerprint density at radius 3 is 2.67 bits per heavy atom. The average molecular weight is 268 g/mol. The fourth-order valence-electron chi connectivity index (χ4n) is 1.75. The molecule has 0 unspecified atom stereocenters. The van der Waals surface area contributed by atoms with Gasteiger partial charge in [-0.3, -0.25) is 4.79 Å². The Hall–Kier alpha value is -1.49. The highest BCUT2D eigenvalue weighted by molar-refractivity contribution is 7.80. The lowest BCUT2D eigenvalue weighted by atomic mass is 10.1. The van der Waals surface area contributed by atoms with Crippen LogP contribution in [-0.4, -0.2) is 28.9 Å². The lowest BCUT2D eigenvalue weighted by Gasteiger charge is -2.22. The van der Waals surface area contributed by atoms with Gasteiger partial charge in [0.2, 0.25) is 0 Å². The molecule has 18 heavy (non-hydrogen) atoms. The van der Waals surface area contributed by atoms with Crippen molar-refractivity contribution in [2.24, 2.45) is 5.73 Å². The van der Waals surface area contributed by atoms with E-state index >= 15 is 0 Å². The molecule has 3 nitrogen and oxygen atoms in total. The molecule has 98 valence electrons. The summed E-state index contributed by atoms with van der Waals surface area (Å²) in [5.41, 5.74) is 6.58. The molecule has 0 bridgehead atoms. The smallest absolute Gasteiger partial charge is 0.254 e. The van der Waals surface area contributed by atoms with Crippen LogP contribution in [0.25, 0.3) is 0 Å². The molecule has 0 aliphatic carbocycles. The maximum Gasteiger partial charge on any atom is 0.254 e. The highest BCUT2D eigenvalue weighted by Crippen LogP contribution is 2.13. The Balaban J connectivity index is 2.97. The number of carbonyl (C=O) groups is 1. The summed E-state index contributed by atoms with van der Waals surface area (Å²) in [6.45, 7) is 4.50. The van der Waals surface area contributed by atoms with E-state index in [9.17, 15) is 9.18 Å². The van der Waals surface area contributed by atoms with Gasteiger partial charge in [-0.2, -0.15) is 0 Å². The fourth-order valence-corrected chi connectivity index (χ4v) is 1.90. The van der Waals surface area contributed by atoms with Crippen molar-refractivity contribution in [2.75, 3.05) is 13.1 Å². The molecule has 1 rings (SSSR count). The third kappa shape index (κ3) is 3.77. The molecule has 0 aliphatic rings. The molecule has 1 amide bonds. The number of nitrogens with zero attached hydrogens (tertiary/aromatic N) is 1. The Morgan fingerprint density at radius 1 is 1.50 bits per heavy atom. The van der Waals surface area contributed by atoms with Crippen LogP contribution in [0, 0.1) is 12.7 Å². The van der Waals surface area contributed by atoms with Crippen molar-refractivity contribution in [3.05, 3.63) is 35.1 Å². The number of benzene rings is 1. The van der Waals surface area contributed by atoms with Crippen LogP contribution in [0.3, 0.4) is 0 Å². The van der Waals surface area contributed by atoms with Gasteiger partial charge < -0.3 is 10.6 Å².